The summed E-state index contributed by atoms with van der Waals surface area (Å²) in [5.41, 5.74) is 12.4. The molecule has 5 nitrogen and oxygen atoms in total. The lowest BCUT2D eigenvalue weighted by molar-refractivity contribution is 0.630. The maximum Gasteiger partial charge on any atom is 0.335 e. The molecule has 0 aliphatic heterocycles. The number of nitrogens with zero attached hydrogens (tertiary/aromatic N) is 1. The van der Waals surface area contributed by atoms with Crippen LogP contribution in [-0.4, -0.2) is 13.4 Å². The molecule has 0 atom stereocenters. The van der Waals surface area contributed by atoms with Crippen LogP contribution in [0.4, 0.5) is 11.5 Å². The highest BCUT2D eigenvalue weighted by atomic mass is 32.1. The van der Waals surface area contributed by atoms with Gasteiger partial charge in [-0.25, -0.2) is 4.98 Å². The molecule has 0 amide bonds. The van der Waals surface area contributed by atoms with Crippen molar-refractivity contribution in [2.24, 2.45) is 0 Å². The SMILES string of the molecule is Cc1cnc(N)c(N)c1.O=S=O. The number of nitrogen functional groups attached to an aromatic ring is 2. The topological polar surface area (TPSA) is 99.1 Å². The third kappa shape index (κ3) is 3.67. The second-order valence-electron chi connectivity index (χ2n) is 2.06. The minimum absolute atomic E-state index is 0.403. The number of aryl methyl sites for hydroxylation is 1. The molecule has 0 saturated heterocycles. The number of aromatic nitrogens is 1. The first kappa shape index (κ1) is 10.6. The summed E-state index contributed by atoms with van der Waals surface area (Å²) in [6.07, 6.45) is 1.69. The standard InChI is InChI=1S/C6H9N3.O2S/c1-4-2-5(7)6(8)9-3-4;1-3-2/h2-3H,7H2,1H3,(H2,8,9);. The number of hydrogen-bond donors (Lipinski definition) is 2. The first-order valence-electron chi connectivity index (χ1n) is 3.01. The van der Waals surface area contributed by atoms with Gasteiger partial charge in [0.1, 0.15) is 5.82 Å². The van der Waals surface area contributed by atoms with Crippen molar-refractivity contribution < 1.29 is 8.42 Å². The number of anilines is 2. The second-order valence-corrected chi connectivity index (χ2v) is 2.19. The Hall–Kier alpha value is -1.43. The average molecular weight is 187 g/mol. The lowest BCUT2D eigenvalue weighted by Crippen LogP contribution is -1.97. The highest BCUT2D eigenvalue weighted by molar-refractivity contribution is 7.51. The van der Waals surface area contributed by atoms with E-state index in [4.69, 9.17) is 19.9 Å². The van der Waals surface area contributed by atoms with E-state index in [0.29, 0.717) is 11.5 Å². The first-order chi connectivity index (χ1) is 5.61. The molecule has 0 aromatic carbocycles. The van der Waals surface area contributed by atoms with Crippen molar-refractivity contribution in [3.8, 4) is 0 Å². The van der Waals surface area contributed by atoms with Crippen molar-refractivity contribution >= 4 is 23.1 Å². The average Bonchev–Trinajstić information content (AvgIpc) is 1.99. The Morgan fingerprint density at radius 2 is 1.92 bits per heavy atom. The van der Waals surface area contributed by atoms with Crippen LogP contribution in [0, 0.1) is 6.92 Å². The van der Waals surface area contributed by atoms with Crippen LogP contribution in [-0.2, 0) is 11.6 Å². The monoisotopic (exact) mass is 187 g/mol. The molecule has 0 bridgehead atoms. The van der Waals surface area contributed by atoms with Gasteiger partial charge in [-0.2, -0.15) is 8.42 Å². The van der Waals surface area contributed by atoms with Gasteiger partial charge >= 0.3 is 11.6 Å². The summed E-state index contributed by atoms with van der Waals surface area (Å²) in [4.78, 5) is 3.83. The van der Waals surface area contributed by atoms with Crippen molar-refractivity contribution in [2.45, 2.75) is 6.92 Å². The molecule has 1 aromatic rings. The van der Waals surface area contributed by atoms with E-state index in [-0.39, 0.29) is 0 Å². The molecular formula is C6H9N3O2S. The van der Waals surface area contributed by atoms with Crippen LogP contribution in [0.1, 0.15) is 5.56 Å². The number of pyridine rings is 1. The molecule has 6 heteroatoms. The summed E-state index contributed by atoms with van der Waals surface area (Å²) in [5.74, 6) is 0.403. The Bertz CT molecular complexity index is 297. The Morgan fingerprint density at radius 1 is 1.42 bits per heavy atom. The van der Waals surface area contributed by atoms with Gasteiger partial charge in [-0.05, 0) is 18.6 Å². The van der Waals surface area contributed by atoms with Crippen molar-refractivity contribution in [2.75, 3.05) is 11.5 Å². The van der Waals surface area contributed by atoms with E-state index >= 15 is 0 Å². The fraction of sp³-hybridized carbons (Fsp3) is 0.167. The van der Waals surface area contributed by atoms with Gasteiger partial charge in [0.2, 0.25) is 0 Å². The molecule has 0 saturated carbocycles. The molecular weight excluding hydrogens is 178 g/mol. The Morgan fingerprint density at radius 3 is 2.25 bits per heavy atom. The van der Waals surface area contributed by atoms with Crippen molar-refractivity contribution in [3.63, 3.8) is 0 Å². The van der Waals surface area contributed by atoms with Crippen molar-refractivity contribution in [1.29, 1.82) is 0 Å². The summed E-state index contributed by atoms with van der Waals surface area (Å²) in [7, 11) is 0. The molecule has 1 rings (SSSR count). The van der Waals surface area contributed by atoms with E-state index in [9.17, 15) is 0 Å². The van der Waals surface area contributed by atoms with Crippen molar-refractivity contribution in [1.82, 2.24) is 4.98 Å². The first-order valence-corrected chi connectivity index (χ1v) is 3.68. The van der Waals surface area contributed by atoms with Crippen LogP contribution in [0.15, 0.2) is 12.3 Å². The van der Waals surface area contributed by atoms with Gasteiger partial charge in [-0.3, -0.25) is 0 Å². The molecule has 0 aliphatic carbocycles. The van der Waals surface area contributed by atoms with Crippen LogP contribution in [0.25, 0.3) is 0 Å². The summed E-state index contributed by atoms with van der Waals surface area (Å²) in [6.45, 7) is 1.92. The van der Waals surface area contributed by atoms with E-state index in [1.54, 1.807) is 12.3 Å². The van der Waals surface area contributed by atoms with E-state index in [1.807, 2.05) is 6.92 Å². The van der Waals surface area contributed by atoms with Gasteiger partial charge in [0.25, 0.3) is 0 Å². The molecule has 1 heterocycles. The summed E-state index contributed by atoms with van der Waals surface area (Å²) >= 11 is -0.750. The quantitative estimate of drug-likeness (QED) is 0.590. The van der Waals surface area contributed by atoms with E-state index < -0.39 is 11.6 Å². The molecule has 0 fully saturated rings. The third-order valence-corrected chi connectivity index (χ3v) is 1.09. The van der Waals surface area contributed by atoms with Crippen molar-refractivity contribution in [3.05, 3.63) is 17.8 Å². The minimum atomic E-state index is -0.750. The van der Waals surface area contributed by atoms with Gasteiger partial charge in [0.15, 0.2) is 0 Å². The van der Waals surface area contributed by atoms with E-state index in [2.05, 4.69) is 4.98 Å². The Kier molecular flexibility index (Phi) is 4.62. The predicted molar refractivity (Wildman–Crippen MR) is 46.7 cm³/mol. The van der Waals surface area contributed by atoms with Gasteiger partial charge in [0.05, 0.1) is 5.69 Å². The van der Waals surface area contributed by atoms with Crippen LogP contribution in [0.3, 0.4) is 0 Å². The summed E-state index contributed by atoms with van der Waals surface area (Å²) in [5, 5.41) is 0. The summed E-state index contributed by atoms with van der Waals surface area (Å²) < 4.78 is 16.6. The van der Waals surface area contributed by atoms with E-state index in [1.165, 1.54) is 0 Å². The number of rotatable bonds is 0. The number of nitrogens with two attached hydrogens (primary N) is 2. The minimum Gasteiger partial charge on any atom is -0.396 e. The summed E-state index contributed by atoms with van der Waals surface area (Å²) in [6, 6.07) is 1.79. The maximum absolute atomic E-state index is 8.29. The third-order valence-electron chi connectivity index (χ3n) is 1.09. The molecule has 0 aliphatic rings. The predicted octanol–water partition coefficient (Wildman–Crippen LogP) is -0.116. The lowest BCUT2D eigenvalue weighted by atomic mass is 10.3. The second kappa shape index (κ2) is 5.25. The molecule has 66 valence electrons. The fourth-order valence-corrected chi connectivity index (χ4v) is 0.602. The zero-order chi connectivity index (χ0) is 9.56. The normalized spacial score (nSPS) is 8.08. The van der Waals surface area contributed by atoms with Crippen LogP contribution >= 0.6 is 0 Å². The molecule has 0 radical (unpaired) electrons. The van der Waals surface area contributed by atoms with Crippen LogP contribution in [0.5, 0.6) is 0 Å². The maximum atomic E-state index is 8.29. The van der Waals surface area contributed by atoms with Crippen LogP contribution in [0.2, 0.25) is 0 Å². The zero-order valence-corrected chi connectivity index (χ0v) is 7.30. The zero-order valence-electron chi connectivity index (χ0n) is 6.48. The molecule has 1 aromatic heterocycles. The smallest absolute Gasteiger partial charge is 0.335 e. The Balaban J connectivity index is 0.000000354. The van der Waals surface area contributed by atoms with Gasteiger partial charge in [-0.15, -0.1) is 0 Å². The van der Waals surface area contributed by atoms with E-state index in [0.717, 1.165) is 5.56 Å². The largest absolute Gasteiger partial charge is 0.396 e. The van der Waals surface area contributed by atoms with Crippen LogP contribution < -0.4 is 11.5 Å². The molecule has 0 spiro atoms. The fourth-order valence-electron chi connectivity index (χ4n) is 0.602. The highest BCUT2D eigenvalue weighted by Gasteiger charge is 1.92. The molecule has 12 heavy (non-hydrogen) atoms. The van der Waals surface area contributed by atoms with Gasteiger partial charge < -0.3 is 11.5 Å². The Labute approximate surface area is 73.4 Å². The van der Waals surface area contributed by atoms with Gasteiger partial charge in [0, 0.05) is 6.20 Å². The lowest BCUT2D eigenvalue weighted by Gasteiger charge is -1.97. The molecule has 0 unspecified atom stereocenters. The highest BCUT2D eigenvalue weighted by Crippen LogP contribution is 2.10. The molecule has 4 N–H and O–H groups in total. The number of hydrogen-bond acceptors (Lipinski definition) is 5. The van der Waals surface area contributed by atoms with Gasteiger partial charge in [-0.1, -0.05) is 0 Å².